The van der Waals surface area contributed by atoms with Gasteiger partial charge in [0.25, 0.3) is 0 Å². The third kappa shape index (κ3) is 2.68. The minimum Gasteiger partial charge on any atom is -0.376 e. The maximum Gasteiger partial charge on any atom is 0.248 e. The van der Waals surface area contributed by atoms with Crippen molar-refractivity contribution >= 4 is 11.8 Å². The van der Waals surface area contributed by atoms with Crippen molar-refractivity contribution < 1.29 is 14.3 Å². The molecule has 2 saturated carbocycles. The minimum atomic E-state index is -0.634. The van der Waals surface area contributed by atoms with Gasteiger partial charge in [0.05, 0.1) is 5.60 Å². The molecule has 118 valence electrons. The lowest BCUT2D eigenvalue weighted by atomic mass is 9.78. The first-order valence-corrected chi connectivity index (χ1v) is 8.25. The number of amides is 2. The van der Waals surface area contributed by atoms with Crippen molar-refractivity contribution in [3.05, 3.63) is 0 Å². The zero-order valence-corrected chi connectivity index (χ0v) is 13.0. The molecule has 0 unspecified atom stereocenters. The van der Waals surface area contributed by atoms with Gasteiger partial charge in [0, 0.05) is 26.6 Å². The van der Waals surface area contributed by atoms with E-state index in [4.69, 9.17) is 4.74 Å². The topological polar surface area (TPSA) is 58.6 Å². The van der Waals surface area contributed by atoms with Crippen LogP contribution in [0.5, 0.6) is 0 Å². The largest absolute Gasteiger partial charge is 0.376 e. The number of rotatable bonds is 3. The number of ether oxygens (including phenoxy) is 1. The molecule has 0 aromatic rings. The molecule has 21 heavy (non-hydrogen) atoms. The summed E-state index contributed by atoms with van der Waals surface area (Å²) in [7, 11) is 1.74. The van der Waals surface area contributed by atoms with E-state index in [1.54, 1.807) is 7.11 Å². The highest BCUT2D eigenvalue weighted by Gasteiger charge is 2.48. The van der Waals surface area contributed by atoms with Crippen molar-refractivity contribution in [2.45, 2.75) is 68.9 Å². The van der Waals surface area contributed by atoms with Gasteiger partial charge in [0.15, 0.2) is 0 Å². The van der Waals surface area contributed by atoms with Crippen LogP contribution in [0, 0.1) is 0 Å². The molecule has 5 nitrogen and oxygen atoms in total. The number of hydrogen-bond acceptors (Lipinski definition) is 3. The van der Waals surface area contributed by atoms with E-state index in [0.717, 1.165) is 51.4 Å². The molecule has 0 bridgehead atoms. The van der Waals surface area contributed by atoms with E-state index in [1.807, 2.05) is 4.90 Å². The Morgan fingerprint density at radius 3 is 2.38 bits per heavy atom. The zero-order chi connectivity index (χ0) is 14.9. The van der Waals surface area contributed by atoms with Crippen molar-refractivity contribution in [2.24, 2.45) is 0 Å². The predicted molar refractivity (Wildman–Crippen MR) is 78.7 cm³/mol. The summed E-state index contributed by atoms with van der Waals surface area (Å²) in [6.07, 6.45) is 8.38. The lowest BCUT2D eigenvalue weighted by Crippen LogP contribution is -2.60. The van der Waals surface area contributed by atoms with Gasteiger partial charge in [-0.1, -0.05) is 19.3 Å². The minimum absolute atomic E-state index is 0.0211. The first kappa shape index (κ1) is 14.8. The SMILES string of the molecule is COC1(CN2CCC(=O)NC3(CCCCC3)C2=O)CCC1. The molecule has 2 amide bonds. The molecule has 5 heteroatoms. The summed E-state index contributed by atoms with van der Waals surface area (Å²) < 4.78 is 5.67. The van der Waals surface area contributed by atoms with Gasteiger partial charge in [-0.05, 0) is 32.1 Å². The predicted octanol–water partition coefficient (Wildman–Crippen LogP) is 1.61. The van der Waals surface area contributed by atoms with E-state index >= 15 is 0 Å². The molecule has 1 saturated heterocycles. The quantitative estimate of drug-likeness (QED) is 0.860. The molecule has 0 radical (unpaired) electrons. The Kier molecular flexibility index (Phi) is 3.95. The molecule has 0 aromatic heterocycles. The first-order chi connectivity index (χ1) is 10.1. The number of carbonyl (C=O) groups excluding carboxylic acids is 2. The van der Waals surface area contributed by atoms with Gasteiger partial charge in [-0.15, -0.1) is 0 Å². The van der Waals surface area contributed by atoms with Crippen LogP contribution in [0.25, 0.3) is 0 Å². The lowest BCUT2D eigenvalue weighted by molar-refractivity contribution is -0.148. The molecular weight excluding hydrogens is 268 g/mol. The van der Waals surface area contributed by atoms with Crippen molar-refractivity contribution in [3.63, 3.8) is 0 Å². The van der Waals surface area contributed by atoms with Crippen LogP contribution >= 0.6 is 0 Å². The second-order valence-corrected chi connectivity index (χ2v) is 6.91. The summed E-state index contributed by atoms with van der Waals surface area (Å²) in [5.41, 5.74) is -0.802. The normalized spacial score (nSPS) is 28.0. The fourth-order valence-electron chi connectivity index (χ4n) is 4.01. The Morgan fingerprint density at radius 2 is 1.81 bits per heavy atom. The molecule has 1 spiro atoms. The average Bonchev–Trinajstić information content (AvgIpc) is 2.55. The van der Waals surface area contributed by atoms with Crippen molar-refractivity contribution in [1.82, 2.24) is 10.2 Å². The Balaban J connectivity index is 1.79. The third-order valence-corrected chi connectivity index (χ3v) is 5.57. The van der Waals surface area contributed by atoms with E-state index in [0.29, 0.717) is 19.5 Å². The molecule has 2 aliphatic carbocycles. The van der Waals surface area contributed by atoms with Crippen LogP contribution in [0.1, 0.15) is 57.8 Å². The van der Waals surface area contributed by atoms with Crippen LogP contribution in [0.2, 0.25) is 0 Å². The highest BCUT2D eigenvalue weighted by Crippen LogP contribution is 2.38. The summed E-state index contributed by atoms with van der Waals surface area (Å²) in [5.74, 6) is 0.143. The molecule has 0 atom stereocenters. The molecular formula is C16H26N2O3. The van der Waals surface area contributed by atoms with Crippen molar-refractivity contribution in [1.29, 1.82) is 0 Å². The Bertz CT molecular complexity index is 420. The number of carbonyl (C=O) groups is 2. The van der Waals surface area contributed by atoms with Crippen LogP contribution < -0.4 is 5.32 Å². The zero-order valence-electron chi connectivity index (χ0n) is 13.0. The molecule has 1 heterocycles. The average molecular weight is 294 g/mol. The van der Waals surface area contributed by atoms with Gasteiger partial charge in [-0.25, -0.2) is 0 Å². The van der Waals surface area contributed by atoms with Gasteiger partial charge in [0.2, 0.25) is 11.8 Å². The second kappa shape index (κ2) is 5.59. The lowest BCUT2D eigenvalue weighted by Gasteiger charge is -2.45. The van der Waals surface area contributed by atoms with E-state index in [1.165, 1.54) is 0 Å². The fourth-order valence-corrected chi connectivity index (χ4v) is 4.01. The number of nitrogens with one attached hydrogen (secondary N) is 1. The molecule has 3 fully saturated rings. The van der Waals surface area contributed by atoms with Crippen LogP contribution in [0.15, 0.2) is 0 Å². The van der Waals surface area contributed by atoms with E-state index in [-0.39, 0.29) is 17.4 Å². The van der Waals surface area contributed by atoms with Gasteiger partial charge in [0.1, 0.15) is 5.54 Å². The Hall–Kier alpha value is -1.10. The van der Waals surface area contributed by atoms with Gasteiger partial charge in [-0.3, -0.25) is 9.59 Å². The summed E-state index contributed by atoms with van der Waals surface area (Å²) in [5, 5.41) is 3.04. The number of nitrogens with zero attached hydrogens (tertiary/aromatic N) is 1. The maximum absolute atomic E-state index is 13.1. The Morgan fingerprint density at radius 1 is 1.10 bits per heavy atom. The van der Waals surface area contributed by atoms with Gasteiger partial charge < -0.3 is 15.0 Å². The summed E-state index contributed by atoms with van der Waals surface area (Å²) in [4.78, 5) is 27.0. The number of methoxy groups -OCH3 is 1. The van der Waals surface area contributed by atoms with E-state index < -0.39 is 5.54 Å². The maximum atomic E-state index is 13.1. The van der Waals surface area contributed by atoms with Gasteiger partial charge >= 0.3 is 0 Å². The Labute approximate surface area is 126 Å². The van der Waals surface area contributed by atoms with Crippen LogP contribution in [0.3, 0.4) is 0 Å². The van der Waals surface area contributed by atoms with Crippen LogP contribution in [-0.4, -0.2) is 48.1 Å². The monoisotopic (exact) mass is 294 g/mol. The second-order valence-electron chi connectivity index (χ2n) is 6.91. The standard InChI is InChI=1S/C16H26N2O3/c1-21-15(7-5-8-15)12-18-11-6-13(19)17-16(14(18)20)9-3-2-4-10-16/h2-12H2,1H3,(H,17,19). The highest BCUT2D eigenvalue weighted by atomic mass is 16.5. The summed E-state index contributed by atoms with van der Waals surface area (Å²) in [6, 6.07) is 0. The van der Waals surface area contributed by atoms with E-state index in [9.17, 15) is 9.59 Å². The molecule has 3 rings (SSSR count). The summed E-state index contributed by atoms with van der Waals surface area (Å²) >= 11 is 0. The third-order valence-electron chi connectivity index (χ3n) is 5.57. The van der Waals surface area contributed by atoms with Gasteiger partial charge in [-0.2, -0.15) is 0 Å². The first-order valence-electron chi connectivity index (χ1n) is 8.25. The summed E-state index contributed by atoms with van der Waals surface area (Å²) in [6.45, 7) is 1.16. The smallest absolute Gasteiger partial charge is 0.248 e. The highest BCUT2D eigenvalue weighted by molar-refractivity contribution is 5.93. The fraction of sp³-hybridized carbons (Fsp3) is 0.875. The molecule has 1 aliphatic heterocycles. The van der Waals surface area contributed by atoms with Crippen molar-refractivity contribution in [2.75, 3.05) is 20.2 Å². The van der Waals surface area contributed by atoms with Crippen LogP contribution in [-0.2, 0) is 14.3 Å². The van der Waals surface area contributed by atoms with Crippen molar-refractivity contribution in [3.8, 4) is 0 Å². The molecule has 0 aromatic carbocycles. The van der Waals surface area contributed by atoms with Crippen LogP contribution in [0.4, 0.5) is 0 Å². The molecule has 3 aliphatic rings. The van der Waals surface area contributed by atoms with E-state index in [2.05, 4.69) is 5.32 Å². The molecule has 1 N–H and O–H groups in total. The number of hydrogen-bond donors (Lipinski definition) is 1.